The Labute approximate surface area is 184 Å². The van der Waals surface area contributed by atoms with Gasteiger partial charge in [-0.2, -0.15) is 10.4 Å². The lowest BCUT2D eigenvalue weighted by molar-refractivity contribution is -0.153. The fraction of sp³-hybridized carbons (Fsp3) is 0.423. The maximum absolute atomic E-state index is 12.3. The first-order valence-electron chi connectivity index (χ1n) is 10.8. The van der Waals surface area contributed by atoms with Crippen molar-refractivity contribution in [2.24, 2.45) is 0 Å². The maximum atomic E-state index is 12.3. The predicted molar refractivity (Wildman–Crippen MR) is 123 cm³/mol. The second kappa shape index (κ2) is 8.93. The number of esters is 1. The molecule has 0 saturated carbocycles. The molecule has 1 heterocycles. The smallest absolute Gasteiger partial charge is 0.310 e. The van der Waals surface area contributed by atoms with Gasteiger partial charge in [-0.1, -0.05) is 38.1 Å². The van der Waals surface area contributed by atoms with Gasteiger partial charge < -0.3 is 4.74 Å². The number of hydrogen-bond acceptors (Lipinski definition) is 4. The van der Waals surface area contributed by atoms with E-state index in [1.807, 2.05) is 62.7 Å². The zero-order chi connectivity index (χ0) is 22.8. The molecule has 0 aliphatic rings. The number of aromatic nitrogens is 2. The number of nitriles is 1. The number of nitrogens with zero attached hydrogens (tertiary/aromatic N) is 3. The first kappa shape index (κ1) is 22.6. The van der Waals surface area contributed by atoms with Gasteiger partial charge >= 0.3 is 5.97 Å². The minimum Gasteiger partial charge on any atom is -0.460 e. The number of carbonyl (C=O) groups is 1. The average molecular weight is 418 g/mol. The van der Waals surface area contributed by atoms with Crippen molar-refractivity contribution in [3.63, 3.8) is 0 Å². The van der Waals surface area contributed by atoms with Gasteiger partial charge in [0, 0.05) is 5.39 Å². The summed E-state index contributed by atoms with van der Waals surface area (Å²) in [4.78, 5) is 12.3. The quantitative estimate of drug-likeness (QED) is 0.485. The highest BCUT2D eigenvalue weighted by Gasteiger charge is 2.19. The molecule has 31 heavy (non-hydrogen) atoms. The molecule has 1 unspecified atom stereocenters. The molecule has 1 atom stereocenters. The van der Waals surface area contributed by atoms with Gasteiger partial charge in [-0.15, -0.1) is 0 Å². The van der Waals surface area contributed by atoms with Crippen LogP contribution in [-0.4, -0.2) is 21.4 Å². The minimum atomic E-state index is -0.507. The van der Waals surface area contributed by atoms with Crippen LogP contribution in [0.3, 0.4) is 0 Å². The van der Waals surface area contributed by atoms with Gasteiger partial charge in [0.1, 0.15) is 5.60 Å². The Morgan fingerprint density at radius 1 is 1.26 bits per heavy atom. The summed E-state index contributed by atoms with van der Waals surface area (Å²) in [6.45, 7) is 12.5. The van der Waals surface area contributed by atoms with Crippen LogP contribution in [0.15, 0.2) is 36.4 Å². The molecule has 3 aromatic rings. The van der Waals surface area contributed by atoms with Crippen LogP contribution in [0.2, 0.25) is 0 Å². The zero-order valence-electron chi connectivity index (χ0n) is 19.3. The molecule has 0 N–H and O–H groups in total. The van der Waals surface area contributed by atoms with Crippen molar-refractivity contribution in [3.05, 3.63) is 64.3 Å². The summed E-state index contributed by atoms with van der Waals surface area (Å²) in [6.07, 6.45) is 1.21. The fourth-order valence-electron chi connectivity index (χ4n) is 3.88. The van der Waals surface area contributed by atoms with Gasteiger partial charge in [-0.25, -0.2) is 0 Å². The minimum absolute atomic E-state index is 0.213. The van der Waals surface area contributed by atoms with Crippen LogP contribution >= 0.6 is 0 Å². The lowest BCUT2D eigenvalue weighted by Gasteiger charge is -2.19. The zero-order valence-corrected chi connectivity index (χ0v) is 19.3. The molecule has 2 aromatic carbocycles. The van der Waals surface area contributed by atoms with Crippen molar-refractivity contribution in [2.75, 3.05) is 0 Å². The van der Waals surface area contributed by atoms with Crippen LogP contribution in [0.5, 0.6) is 0 Å². The molecule has 0 aliphatic carbocycles. The molecule has 162 valence electrons. The second-order valence-electron chi connectivity index (χ2n) is 9.15. The summed E-state index contributed by atoms with van der Waals surface area (Å²) in [5, 5.41) is 15.5. The standard InChI is InChI=1S/C26H31N3O2/c1-7-17(2)21-10-8-9-20(15-27)23(21)16-29-24-13-19(11-12-22(24)18(3)28-29)14-25(30)31-26(4,5)6/h8-13,17H,7,14,16H2,1-6H3. The molecule has 5 heteroatoms. The molecule has 0 amide bonds. The molecular weight excluding hydrogens is 386 g/mol. The van der Waals surface area contributed by atoms with Crippen molar-refractivity contribution in [1.82, 2.24) is 9.78 Å². The van der Waals surface area contributed by atoms with Gasteiger partial charge in [0.05, 0.1) is 35.8 Å². The average Bonchev–Trinajstić information content (AvgIpc) is 3.01. The first-order valence-corrected chi connectivity index (χ1v) is 10.8. The third kappa shape index (κ3) is 5.14. The summed E-state index contributed by atoms with van der Waals surface area (Å²) >= 11 is 0. The maximum Gasteiger partial charge on any atom is 0.310 e. The van der Waals surface area contributed by atoms with E-state index in [1.165, 1.54) is 5.56 Å². The fourth-order valence-corrected chi connectivity index (χ4v) is 3.88. The number of aryl methyl sites for hydroxylation is 1. The summed E-state index contributed by atoms with van der Waals surface area (Å²) in [7, 11) is 0. The molecule has 0 fully saturated rings. The molecule has 0 saturated heterocycles. The summed E-state index contributed by atoms with van der Waals surface area (Å²) in [5.41, 5.74) is 5.16. The SMILES string of the molecule is CCC(C)c1cccc(C#N)c1Cn1nc(C)c2ccc(CC(=O)OC(C)(C)C)cc21. The normalized spacial score (nSPS) is 12.5. The second-order valence-corrected chi connectivity index (χ2v) is 9.15. The number of rotatable bonds is 6. The van der Waals surface area contributed by atoms with Crippen LogP contribution < -0.4 is 0 Å². The molecule has 0 spiro atoms. The van der Waals surface area contributed by atoms with Gasteiger partial charge in [0.15, 0.2) is 0 Å². The van der Waals surface area contributed by atoms with Crippen LogP contribution in [0.1, 0.15) is 74.9 Å². The third-order valence-corrected chi connectivity index (χ3v) is 5.55. The molecule has 1 aromatic heterocycles. The summed E-state index contributed by atoms with van der Waals surface area (Å²) in [6, 6.07) is 14.3. The van der Waals surface area contributed by atoms with Crippen LogP contribution in [-0.2, 0) is 22.5 Å². The number of benzene rings is 2. The van der Waals surface area contributed by atoms with Crippen LogP contribution in [0, 0.1) is 18.3 Å². The largest absolute Gasteiger partial charge is 0.460 e. The van der Waals surface area contributed by atoms with E-state index in [9.17, 15) is 10.1 Å². The van der Waals surface area contributed by atoms with E-state index < -0.39 is 5.60 Å². The van der Waals surface area contributed by atoms with E-state index in [-0.39, 0.29) is 12.4 Å². The van der Waals surface area contributed by atoms with E-state index in [0.29, 0.717) is 18.0 Å². The van der Waals surface area contributed by atoms with E-state index in [4.69, 9.17) is 9.84 Å². The van der Waals surface area contributed by atoms with E-state index in [0.717, 1.165) is 34.1 Å². The Kier molecular flexibility index (Phi) is 6.50. The highest BCUT2D eigenvalue weighted by Crippen LogP contribution is 2.28. The lowest BCUT2D eigenvalue weighted by Crippen LogP contribution is -2.24. The van der Waals surface area contributed by atoms with Crippen molar-refractivity contribution < 1.29 is 9.53 Å². The van der Waals surface area contributed by atoms with Crippen molar-refractivity contribution in [3.8, 4) is 6.07 Å². The Balaban J connectivity index is 2.01. The lowest BCUT2D eigenvalue weighted by atomic mass is 9.91. The number of carbonyl (C=O) groups excluding carboxylic acids is 1. The van der Waals surface area contributed by atoms with E-state index in [1.54, 1.807) is 0 Å². The monoisotopic (exact) mass is 417 g/mol. The number of ether oxygens (including phenoxy) is 1. The predicted octanol–water partition coefficient (Wildman–Crippen LogP) is 5.66. The third-order valence-electron chi connectivity index (χ3n) is 5.55. The highest BCUT2D eigenvalue weighted by molar-refractivity contribution is 5.84. The van der Waals surface area contributed by atoms with E-state index in [2.05, 4.69) is 26.0 Å². The Morgan fingerprint density at radius 3 is 2.65 bits per heavy atom. The summed E-state index contributed by atoms with van der Waals surface area (Å²) in [5.74, 6) is 0.109. The van der Waals surface area contributed by atoms with Crippen molar-refractivity contribution in [2.45, 2.75) is 72.4 Å². The topological polar surface area (TPSA) is 67.9 Å². The van der Waals surface area contributed by atoms with Gasteiger partial charge in [-0.05, 0) is 68.9 Å². The van der Waals surface area contributed by atoms with E-state index >= 15 is 0 Å². The Morgan fingerprint density at radius 2 is 2.00 bits per heavy atom. The first-order chi connectivity index (χ1) is 14.6. The van der Waals surface area contributed by atoms with Crippen LogP contribution in [0.4, 0.5) is 0 Å². The molecule has 5 nitrogen and oxygen atoms in total. The van der Waals surface area contributed by atoms with Gasteiger partial charge in [0.25, 0.3) is 0 Å². The molecule has 3 rings (SSSR count). The molecular formula is C26H31N3O2. The van der Waals surface area contributed by atoms with Crippen LogP contribution in [0.25, 0.3) is 10.9 Å². The van der Waals surface area contributed by atoms with Gasteiger partial charge in [0.2, 0.25) is 0 Å². The number of hydrogen-bond donors (Lipinski definition) is 0. The number of fused-ring (bicyclic) bond motifs is 1. The summed E-state index contributed by atoms with van der Waals surface area (Å²) < 4.78 is 7.42. The highest BCUT2D eigenvalue weighted by atomic mass is 16.6. The Hall–Kier alpha value is -3.13. The molecule has 0 bridgehead atoms. The van der Waals surface area contributed by atoms with Gasteiger partial charge in [-0.3, -0.25) is 9.48 Å². The molecule has 0 aliphatic heterocycles. The van der Waals surface area contributed by atoms with Crippen molar-refractivity contribution >= 4 is 16.9 Å². The van der Waals surface area contributed by atoms with Crippen molar-refractivity contribution in [1.29, 1.82) is 5.26 Å². The molecule has 0 radical (unpaired) electrons. The Bertz CT molecular complexity index is 1150.